The summed E-state index contributed by atoms with van der Waals surface area (Å²) in [5.74, 6) is 0.00106. The molecule has 0 aliphatic carbocycles. The first-order valence-electron chi connectivity index (χ1n) is 6.53. The highest BCUT2D eigenvalue weighted by Crippen LogP contribution is 2.39. The number of aliphatic hydroxyl groups is 1. The molecule has 0 bridgehead atoms. The van der Waals surface area contributed by atoms with Gasteiger partial charge < -0.3 is 10.0 Å². The highest BCUT2D eigenvalue weighted by atomic mass is 79.9. The van der Waals surface area contributed by atoms with E-state index in [9.17, 15) is 13.2 Å². The number of hydrogen-bond acceptors (Lipinski definition) is 3. The van der Waals surface area contributed by atoms with Gasteiger partial charge in [-0.05, 0) is 47.7 Å². The van der Waals surface area contributed by atoms with E-state index in [2.05, 4.69) is 20.9 Å². The van der Waals surface area contributed by atoms with Gasteiger partial charge in [0.2, 0.25) is 0 Å². The summed E-state index contributed by atoms with van der Waals surface area (Å²) >= 11 is 3.04. The maximum atomic E-state index is 13.1. The second kappa shape index (κ2) is 6.30. The Kier molecular flexibility index (Phi) is 4.90. The lowest BCUT2D eigenvalue weighted by molar-refractivity contribution is -0.137. The van der Waals surface area contributed by atoms with Crippen LogP contribution in [0.4, 0.5) is 19.0 Å². The molecule has 1 fully saturated rings. The zero-order chi connectivity index (χ0) is 14.8. The Hall–Kier alpha value is -0.820. The number of hydrogen-bond donors (Lipinski definition) is 1. The van der Waals surface area contributed by atoms with Gasteiger partial charge in [-0.25, -0.2) is 4.98 Å². The number of alkyl halides is 3. The average molecular weight is 353 g/mol. The second-order valence-corrected chi connectivity index (χ2v) is 5.79. The van der Waals surface area contributed by atoms with Crippen LogP contribution in [0.25, 0.3) is 0 Å². The smallest absolute Gasteiger partial charge is 0.396 e. The van der Waals surface area contributed by atoms with E-state index in [-0.39, 0.29) is 18.5 Å². The van der Waals surface area contributed by atoms with Gasteiger partial charge in [-0.2, -0.15) is 13.2 Å². The van der Waals surface area contributed by atoms with Gasteiger partial charge in [0, 0.05) is 29.9 Å². The summed E-state index contributed by atoms with van der Waals surface area (Å²) in [5, 5.41) is 8.88. The summed E-state index contributed by atoms with van der Waals surface area (Å²) in [4.78, 5) is 5.71. The number of anilines is 1. The summed E-state index contributed by atoms with van der Waals surface area (Å²) < 4.78 is 39.7. The van der Waals surface area contributed by atoms with E-state index in [4.69, 9.17) is 5.11 Å². The molecular weight excluding hydrogens is 337 g/mol. The number of aliphatic hydroxyl groups excluding tert-OH is 1. The molecule has 1 unspecified atom stereocenters. The van der Waals surface area contributed by atoms with E-state index >= 15 is 0 Å². The molecule has 1 atom stereocenters. The van der Waals surface area contributed by atoms with Crippen LogP contribution in [-0.2, 0) is 6.18 Å². The molecule has 0 amide bonds. The first-order chi connectivity index (χ1) is 9.43. The average Bonchev–Trinajstić information content (AvgIpc) is 2.83. The van der Waals surface area contributed by atoms with Gasteiger partial charge in [-0.15, -0.1) is 0 Å². The second-order valence-electron chi connectivity index (χ2n) is 4.88. The van der Waals surface area contributed by atoms with Gasteiger partial charge in [0.1, 0.15) is 5.82 Å². The van der Waals surface area contributed by atoms with Crippen molar-refractivity contribution in [3.63, 3.8) is 0 Å². The Balaban J connectivity index is 2.31. The molecule has 1 aromatic rings. The summed E-state index contributed by atoms with van der Waals surface area (Å²) in [6.07, 6.45) is -0.0486. The molecule has 3 nitrogen and oxygen atoms in total. The molecule has 2 rings (SSSR count). The summed E-state index contributed by atoms with van der Waals surface area (Å²) in [7, 11) is 0. The molecule has 1 aromatic heterocycles. The van der Waals surface area contributed by atoms with Gasteiger partial charge in [-0.1, -0.05) is 0 Å². The van der Waals surface area contributed by atoms with E-state index in [1.54, 1.807) is 4.90 Å². The molecule has 1 aliphatic heterocycles. The molecular formula is C13H16BrF3N2O. The Morgan fingerprint density at radius 1 is 1.45 bits per heavy atom. The monoisotopic (exact) mass is 352 g/mol. The third-order valence-electron chi connectivity index (χ3n) is 3.48. The summed E-state index contributed by atoms with van der Waals surface area (Å²) in [6.45, 7) is 0.637. The Bertz CT molecular complexity index is 467. The summed E-state index contributed by atoms with van der Waals surface area (Å²) in [5.41, 5.74) is -0.706. The zero-order valence-corrected chi connectivity index (χ0v) is 12.4. The normalized spacial score (nSPS) is 19.6. The third-order valence-corrected chi connectivity index (χ3v) is 3.92. The number of nitrogens with zero attached hydrogens (tertiary/aromatic N) is 2. The fourth-order valence-electron chi connectivity index (χ4n) is 2.61. The van der Waals surface area contributed by atoms with Crippen molar-refractivity contribution in [3.8, 4) is 0 Å². The number of pyridine rings is 1. The van der Waals surface area contributed by atoms with Crippen LogP contribution in [0.2, 0.25) is 0 Å². The summed E-state index contributed by atoms with van der Waals surface area (Å²) in [6, 6.07) is 1.10. The van der Waals surface area contributed by atoms with Crippen molar-refractivity contribution in [2.75, 3.05) is 18.1 Å². The number of halogens is 4. The minimum Gasteiger partial charge on any atom is -0.396 e. The first-order valence-corrected chi connectivity index (χ1v) is 7.33. The highest BCUT2D eigenvalue weighted by molar-refractivity contribution is 9.10. The van der Waals surface area contributed by atoms with E-state index in [0.29, 0.717) is 23.9 Å². The van der Waals surface area contributed by atoms with Crippen molar-refractivity contribution < 1.29 is 18.3 Å². The van der Waals surface area contributed by atoms with Gasteiger partial charge in [-0.3, -0.25) is 0 Å². The molecule has 0 spiro atoms. The zero-order valence-electron chi connectivity index (χ0n) is 10.8. The SMILES string of the molecule is OCCCC1CCCN1c1ncc(Br)cc1C(F)(F)F. The topological polar surface area (TPSA) is 36.4 Å². The van der Waals surface area contributed by atoms with E-state index < -0.39 is 11.7 Å². The lowest BCUT2D eigenvalue weighted by Gasteiger charge is -2.28. The Morgan fingerprint density at radius 3 is 2.85 bits per heavy atom. The largest absolute Gasteiger partial charge is 0.419 e. The Morgan fingerprint density at radius 2 is 2.20 bits per heavy atom. The lowest BCUT2D eigenvalue weighted by atomic mass is 10.1. The van der Waals surface area contributed by atoms with Crippen molar-refractivity contribution in [2.24, 2.45) is 0 Å². The standard InChI is InChI=1S/C13H16BrF3N2O/c14-9-7-11(13(15,16)17)12(18-8-9)19-5-1-3-10(19)4-2-6-20/h7-8,10,20H,1-6H2. The highest BCUT2D eigenvalue weighted by Gasteiger charge is 2.38. The molecule has 0 saturated carbocycles. The van der Waals surface area contributed by atoms with Gasteiger partial charge >= 0.3 is 6.18 Å². The minimum absolute atomic E-state index is 0.00106. The van der Waals surface area contributed by atoms with Crippen LogP contribution in [0, 0.1) is 0 Å². The van der Waals surface area contributed by atoms with Crippen LogP contribution in [0.15, 0.2) is 16.7 Å². The number of aromatic nitrogens is 1. The Labute approximate surface area is 123 Å². The van der Waals surface area contributed by atoms with Gasteiger partial charge in [0.25, 0.3) is 0 Å². The molecule has 1 saturated heterocycles. The molecule has 2 heterocycles. The van der Waals surface area contributed by atoms with Crippen LogP contribution in [0.3, 0.4) is 0 Å². The van der Waals surface area contributed by atoms with Crippen LogP contribution in [-0.4, -0.2) is 29.3 Å². The molecule has 1 aliphatic rings. The van der Waals surface area contributed by atoms with Crippen LogP contribution in [0.5, 0.6) is 0 Å². The van der Waals surface area contributed by atoms with Crippen molar-refractivity contribution in [1.82, 2.24) is 4.98 Å². The molecule has 20 heavy (non-hydrogen) atoms. The maximum absolute atomic E-state index is 13.1. The molecule has 0 aromatic carbocycles. The molecule has 0 radical (unpaired) electrons. The number of rotatable bonds is 4. The predicted octanol–water partition coefficient (Wildman–Crippen LogP) is 3.60. The third kappa shape index (κ3) is 3.44. The van der Waals surface area contributed by atoms with Crippen molar-refractivity contribution >= 4 is 21.7 Å². The predicted molar refractivity (Wildman–Crippen MR) is 73.6 cm³/mol. The van der Waals surface area contributed by atoms with Gasteiger partial charge in [0.15, 0.2) is 0 Å². The van der Waals surface area contributed by atoms with Crippen molar-refractivity contribution in [2.45, 2.75) is 37.9 Å². The molecule has 112 valence electrons. The quantitative estimate of drug-likeness (QED) is 0.899. The molecule has 1 N–H and O–H groups in total. The van der Waals surface area contributed by atoms with Crippen molar-refractivity contribution in [1.29, 1.82) is 0 Å². The first kappa shape index (κ1) is 15.6. The molecule has 7 heteroatoms. The van der Waals surface area contributed by atoms with Crippen LogP contribution in [0.1, 0.15) is 31.2 Å². The maximum Gasteiger partial charge on any atom is 0.419 e. The van der Waals surface area contributed by atoms with E-state index in [1.165, 1.54) is 6.20 Å². The van der Waals surface area contributed by atoms with Crippen molar-refractivity contribution in [3.05, 3.63) is 22.3 Å². The fourth-order valence-corrected chi connectivity index (χ4v) is 2.94. The van der Waals surface area contributed by atoms with E-state index in [0.717, 1.165) is 18.9 Å². The minimum atomic E-state index is -4.42. The fraction of sp³-hybridized carbons (Fsp3) is 0.615. The lowest BCUT2D eigenvalue weighted by Crippen LogP contribution is -2.32. The van der Waals surface area contributed by atoms with Crippen LogP contribution >= 0.6 is 15.9 Å². The van der Waals surface area contributed by atoms with E-state index in [1.807, 2.05) is 0 Å². The van der Waals surface area contributed by atoms with Gasteiger partial charge in [0.05, 0.1) is 5.56 Å². The van der Waals surface area contributed by atoms with Crippen LogP contribution < -0.4 is 4.90 Å².